The first-order chi connectivity index (χ1) is 9.13. The number of hydrogen-bond acceptors (Lipinski definition) is 5. The highest BCUT2D eigenvalue weighted by atomic mass is 32.1. The fraction of sp³-hybridized carbons (Fsp3) is 0.308. The fourth-order valence-electron chi connectivity index (χ4n) is 1.86. The highest BCUT2D eigenvalue weighted by Crippen LogP contribution is 2.41. The van der Waals surface area contributed by atoms with E-state index in [4.69, 9.17) is 18.0 Å². The lowest BCUT2D eigenvalue weighted by Crippen LogP contribution is -2.13. The molecule has 1 fully saturated rings. The van der Waals surface area contributed by atoms with Crippen LogP contribution in [0, 0.1) is 6.92 Å². The summed E-state index contributed by atoms with van der Waals surface area (Å²) in [6.45, 7) is 1.94. The summed E-state index contributed by atoms with van der Waals surface area (Å²) in [6.07, 6.45) is 2.51. The van der Waals surface area contributed by atoms with Crippen molar-refractivity contribution in [2.45, 2.75) is 25.7 Å². The average Bonchev–Trinajstić information content (AvgIpc) is 3.10. The molecule has 19 heavy (non-hydrogen) atoms. The van der Waals surface area contributed by atoms with Gasteiger partial charge < -0.3 is 11.1 Å². The molecule has 1 aliphatic rings. The Morgan fingerprint density at radius 2 is 2.21 bits per heavy atom. The highest BCUT2D eigenvalue weighted by molar-refractivity contribution is 7.80. The maximum Gasteiger partial charge on any atom is 0.188 e. The van der Waals surface area contributed by atoms with Crippen molar-refractivity contribution in [1.29, 1.82) is 0 Å². The van der Waals surface area contributed by atoms with Gasteiger partial charge >= 0.3 is 0 Å². The summed E-state index contributed by atoms with van der Waals surface area (Å²) in [5, 5.41) is 6.18. The van der Waals surface area contributed by atoms with Crippen LogP contribution in [0.5, 0.6) is 0 Å². The first kappa shape index (κ1) is 12.5. The zero-order chi connectivity index (χ0) is 13.4. The predicted octanol–water partition coefficient (Wildman–Crippen LogP) is 3.10. The Morgan fingerprint density at radius 1 is 1.42 bits per heavy atom. The van der Waals surface area contributed by atoms with Gasteiger partial charge in [-0.05, 0) is 31.9 Å². The number of thiazole rings is 1. The van der Waals surface area contributed by atoms with Crippen molar-refractivity contribution < 1.29 is 0 Å². The van der Waals surface area contributed by atoms with Gasteiger partial charge in [0.15, 0.2) is 5.13 Å². The summed E-state index contributed by atoms with van der Waals surface area (Å²) in [4.78, 5) is 9.37. The predicted molar refractivity (Wildman–Crippen MR) is 82.2 cm³/mol. The van der Waals surface area contributed by atoms with Crippen molar-refractivity contribution in [3.63, 3.8) is 0 Å². The Morgan fingerprint density at radius 3 is 2.89 bits per heavy atom. The van der Waals surface area contributed by atoms with Crippen LogP contribution in [0.2, 0.25) is 0 Å². The van der Waals surface area contributed by atoms with Gasteiger partial charge in [-0.1, -0.05) is 12.2 Å². The molecular weight excluding hydrogens is 276 g/mol. The minimum absolute atomic E-state index is 0.342. The SMILES string of the molecule is Cc1ccc(C(N)=S)c(Nc2nc(C3CC3)cs2)n1. The van der Waals surface area contributed by atoms with E-state index in [1.165, 1.54) is 18.5 Å². The van der Waals surface area contributed by atoms with E-state index in [1.54, 1.807) is 11.3 Å². The summed E-state index contributed by atoms with van der Waals surface area (Å²) < 4.78 is 0. The van der Waals surface area contributed by atoms with Crippen LogP contribution in [-0.4, -0.2) is 15.0 Å². The van der Waals surface area contributed by atoms with Gasteiger partial charge in [-0.25, -0.2) is 9.97 Å². The van der Waals surface area contributed by atoms with Gasteiger partial charge in [0.25, 0.3) is 0 Å². The zero-order valence-electron chi connectivity index (χ0n) is 10.5. The topological polar surface area (TPSA) is 63.8 Å². The third kappa shape index (κ3) is 2.74. The minimum atomic E-state index is 0.342. The molecule has 1 aliphatic carbocycles. The first-order valence-electron chi connectivity index (χ1n) is 6.13. The lowest BCUT2D eigenvalue weighted by Gasteiger charge is -2.08. The molecule has 0 aromatic carbocycles. The molecule has 2 heterocycles. The molecule has 0 aliphatic heterocycles. The normalized spacial score (nSPS) is 14.4. The third-order valence-corrected chi connectivity index (χ3v) is 4.04. The third-order valence-electron chi connectivity index (χ3n) is 3.04. The standard InChI is InChI=1S/C13H14N4S2/c1-7-2-5-9(11(14)18)12(15-7)17-13-16-10(6-19-13)8-3-4-8/h2,5-6,8H,3-4H2,1H3,(H2,14,18)(H,15,16,17). The fourth-order valence-corrected chi connectivity index (χ4v) is 2.82. The van der Waals surface area contributed by atoms with Crippen LogP contribution in [-0.2, 0) is 0 Å². The van der Waals surface area contributed by atoms with Gasteiger partial charge in [-0.2, -0.15) is 0 Å². The van der Waals surface area contributed by atoms with Gasteiger partial charge in [-0.15, -0.1) is 11.3 Å². The number of anilines is 2. The van der Waals surface area contributed by atoms with Crippen molar-refractivity contribution in [1.82, 2.24) is 9.97 Å². The number of rotatable bonds is 4. The Balaban J connectivity index is 1.88. The van der Waals surface area contributed by atoms with Crippen molar-refractivity contribution in [2.24, 2.45) is 5.73 Å². The number of hydrogen-bond donors (Lipinski definition) is 2. The van der Waals surface area contributed by atoms with Gasteiger partial charge in [0.2, 0.25) is 0 Å². The number of aromatic nitrogens is 2. The number of nitrogens with two attached hydrogens (primary N) is 1. The Kier molecular flexibility index (Phi) is 3.20. The second-order valence-corrected chi connectivity index (χ2v) is 5.99. The Hall–Kier alpha value is -1.53. The monoisotopic (exact) mass is 290 g/mol. The zero-order valence-corrected chi connectivity index (χ0v) is 12.1. The molecule has 3 N–H and O–H groups in total. The van der Waals surface area contributed by atoms with Crippen LogP contribution in [0.3, 0.4) is 0 Å². The molecule has 4 nitrogen and oxygen atoms in total. The summed E-state index contributed by atoms with van der Waals surface area (Å²) >= 11 is 6.64. The van der Waals surface area contributed by atoms with E-state index >= 15 is 0 Å². The molecule has 3 rings (SSSR count). The summed E-state index contributed by atoms with van der Waals surface area (Å²) in [6, 6.07) is 3.79. The second kappa shape index (κ2) is 4.86. The van der Waals surface area contributed by atoms with Gasteiger partial charge in [0.1, 0.15) is 10.8 Å². The van der Waals surface area contributed by atoms with E-state index in [9.17, 15) is 0 Å². The highest BCUT2D eigenvalue weighted by Gasteiger charge is 2.26. The molecule has 0 spiro atoms. The minimum Gasteiger partial charge on any atom is -0.389 e. The number of nitrogens with one attached hydrogen (secondary N) is 1. The Labute approximate surface area is 121 Å². The molecule has 0 radical (unpaired) electrons. The lowest BCUT2D eigenvalue weighted by atomic mass is 10.2. The van der Waals surface area contributed by atoms with E-state index < -0.39 is 0 Å². The number of aryl methyl sites for hydroxylation is 1. The quantitative estimate of drug-likeness (QED) is 0.847. The van der Waals surface area contributed by atoms with Crippen molar-refractivity contribution in [3.8, 4) is 0 Å². The molecule has 98 valence electrons. The van der Waals surface area contributed by atoms with E-state index in [0.29, 0.717) is 16.7 Å². The summed E-state index contributed by atoms with van der Waals surface area (Å²) in [7, 11) is 0. The van der Waals surface area contributed by atoms with E-state index in [2.05, 4.69) is 20.7 Å². The first-order valence-corrected chi connectivity index (χ1v) is 7.42. The van der Waals surface area contributed by atoms with Crippen molar-refractivity contribution in [3.05, 3.63) is 34.5 Å². The van der Waals surface area contributed by atoms with Crippen molar-refractivity contribution in [2.75, 3.05) is 5.32 Å². The molecule has 0 atom stereocenters. The maximum atomic E-state index is 5.72. The molecule has 0 unspecified atom stereocenters. The van der Waals surface area contributed by atoms with Gasteiger partial charge in [-0.3, -0.25) is 0 Å². The van der Waals surface area contributed by atoms with Crippen LogP contribution < -0.4 is 11.1 Å². The molecule has 6 heteroatoms. The van der Waals surface area contributed by atoms with Gasteiger partial charge in [0.05, 0.1) is 11.3 Å². The van der Waals surface area contributed by atoms with Crippen LogP contribution in [0.15, 0.2) is 17.5 Å². The van der Waals surface area contributed by atoms with Crippen LogP contribution in [0.1, 0.15) is 35.7 Å². The molecule has 0 saturated heterocycles. The Bertz CT molecular complexity index is 631. The van der Waals surface area contributed by atoms with E-state index in [-0.39, 0.29) is 0 Å². The van der Waals surface area contributed by atoms with E-state index in [1.807, 2.05) is 19.1 Å². The molecular formula is C13H14N4S2. The molecule has 0 bridgehead atoms. The molecule has 0 amide bonds. The van der Waals surface area contributed by atoms with E-state index in [0.717, 1.165) is 16.4 Å². The van der Waals surface area contributed by atoms with Crippen LogP contribution >= 0.6 is 23.6 Å². The molecule has 1 saturated carbocycles. The van der Waals surface area contributed by atoms with Crippen LogP contribution in [0.25, 0.3) is 0 Å². The maximum absolute atomic E-state index is 5.72. The number of pyridine rings is 1. The number of thiocarbonyl (C=S) groups is 1. The summed E-state index contributed by atoms with van der Waals surface area (Å²) in [5.41, 5.74) is 8.57. The lowest BCUT2D eigenvalue weighted by molar-refractivity contribution is 1.05. The van der Waals surface area contributed by atoms with Gasteiger partial charge in [0, 0.05) is 17.0 Å². The molecule has 2 aromatic heterocycles. The molecule has 2 aromatic rings. The number of nitrogens with zero attached hydrogens (tertiary/aromatic N) is 2. The van der Waals surface area contributed by atoms with Crippen LogP contribution in [0.4, 0.5) is 10.9 Å². The second-order valence-electron chi connectivity index (χ2n) is 4.69. The smallest absolute Gasteiger partial charge is 0.188 e. The summed E-state index contributed by atoms with van der Waals surface area (Å²) in [5.74, 6) is 1.34. The average molecular weight is 290 g/mol. The van der Waals surface area contributed by atoms with Crippen molar-refractivity contribution >= 4 is 39.5 Å². The largest absolute Gasteiger partial charge is 0.389 e.